The molecule has 0 aliphatic heterocycles. The maximum atomic E-state index is 11.3. The van der Waals surface area contributed by atoms with Crippen molar-refractivity contribution in [2.24, 2.45) is 34.5 Å². The summed E-state index contributed by atoms with van der Waals surface area (Å²) in [7, 11) is 0. The summed E-state index contributed by atoms with van der Waals surface area (Å²) in [4.78, 5) is 4.99. The predicted molar refractivity (Wildman–Crippen MR) is 109 cm³/mol. The summed E-state index contributed by atoms with van der Waals surface area (Å²) >= 11 is 0. The van der Waals surface area contributed by atoms with Crippen molar-refractivity contribution in [1.29, 1.82) is 0 Å². The molecule has 4 aliphatic rings. The molecule has 12 atom stereocenters. The number of hydrogen-bond donors (Lipinski definition) is 6. The molecule has 6 N–H and O–H groups in total. The van der Waals surface area contributed by atoms with E-state index >= 15 is 0 Å². The molecule has 8 heteroatoms. The van der Waals surface area contributed by atoms with E-state index in [1.54, 1.807) is 0 Å². The van der Waals surface area contributed by atoms with Gasteiger partial charge in [-0.3, -0.25) is 5.26 Å². The number of fused-ring (bicyclic) bond motifs is 5. The van der Waals surface area contributed by atoms with E-state index in [4.69, 9.17) is 4.89 Å². The number of aliphatic hydroxyl groups is 5. The monoisotopic (exact) mass is 568 g/mol. The van der Waals surface area contributed by atoms with E-state index in [1.807, 2.05) is 6.92 Å². The third-order valence-electron chi connectivity index (χ3n) is 10.2. The Balaban J connectivity index is 0.00000272. The summed E-state index contributed by atoms with van der Waals surface area (Å²) in [6.45, 7) is 7.81. The quantitative estimate of drug-likeness (QED) is 0.172. The van der Waals surface area contributed by atoms with Crippen LogP contribution in [-0.2, 0) is 4.89 Å². The molecule has 4 saturated carbocycles. The van der Waals surface area contributed by atoms with Gasteiger partial charge in [-0.05, 0) is 80.1 Å². The molecule has 1 radical (unpaired) electrons. The second-order valence-electron chi connectivity index (χ2n) is 11.2. The first kappa shape index (κ1) is 26.7. The molecule has 0 aromatic carbocycles. The molecule has 31 heavy (non-hydrogen) atoms. The average Bonchev–Trinajstić information content (AvgIpc) is 3.03. The molecule has 4 fully saturated rings. The number of aliphatic hydroxyl groups excluding tert-OH is 5. The molecular weight excluding hydrogens is 529 g/mol. The average molecular weight is 568 g/mol. The predicted octanol–water partition coefficient (Wildman–Crippen LogP) is 1.51. The Morgan fingerprint density at radius 3 is 2.29 bits per heavy atom. The van der Waals surface area contributed by atoms with Gasteiger partial charge >= 0.3 is 0 Å². The Kier molecular flexibility index (Phi) is 7.98. The van der Waals surface area contributed by atoms with Crippen LogP contribution in [0.3, 0.4) is 0 Å². The summed E-state index contributed by atoms with van der Waals surface area (Å²) in [5, 5.41) is 62.6. The molecule has 11 unspecified atom stereocenters. The summed E-state index contributed by atoms with van der Waals surface area (Å²) in [6.07, 6.45) is 0.495. The van der Waals surface area contributed by atoms with Crippen LogP contribution in [0.1, 0.15) is 65.2 Å². The third-order valence-corrected chi connectivity index (χ3v) is 10.2. The van der Waals surface area contributed by atoms with Crippen molar-refractivity contribution in [2.75, 3.05) is 0 Å². The van der Waals surface area contributed by atoms with Gasteiger partial charge in [-0.2, -0.15) is 0 Å². The fourth-order valence-electron chi connectivity index (χ4n) is 8.36. The smallest absolute Gasteiger partial charge is 0.139 e. The van der Waals surface area contributed by atoms with E-state index in [9.17, 15) is 30.8 Å². The Bertz CT molecular complexity index is 649. The van der Waals surface area contributed by atoms with Crippen LogP contribution >= 0.6 is 0 Å². The van der Waals surface area contributed by atoms with Crippen molar-refractivity contribution in [1.82, 2.24) is 0 Å². The van der Waals surface area contributed by atoms with E-state index in [1.165, 1.54) is 0 Å². The molecule has 177 valence electrons. The number of hydrogen-bond acceptors (Lipinski definition) is 7. The molecule has 0 spiro atoms. The van der Waals surface area contributed by atoms with Crippen molar-refractivity contribution >= 4 is 0 Å². The van der Waals surface area contributed by atoms with E-state index in [0.29, 0.717) is 19.3 Å². The largest absolute Gasteiger partial charge is 0.423 e. The molecule has 4 aliphatic carbocycles. The molecule has 0 aromatic heterocycles. The Morgan fingerprint density at radius 1 is 1.00 bits per heavy atom. The minimum absolute atomic E-state index is 0. The fourth-order valence-corrected chi connectivity index (χ4v) is 8.36. The van der Waals surface area contributed by atoms with E-state index in [0.717, 1.165) is 25.7 Å². The maximum Gasteiger partial charge on any atom is 0.139 e. The second-order valence-corrected chi connectivity index (χ2v) is 11.2. The summed E-state index contributed by atoms with van der Waals surface area (Å²) in [5.41, 5.74) is -2.01. The van der Waals surface area contributed by atoms with Crippen LogP contribution in [0, 0.1) is 82.7 Å². The van der Waals surface area contributed by atoms with Gasteiger partial charge in [-0.1, -0.05) is 13.8 Å². The van der Waals surface area contributed by atoms with Gasteiger partial charge in [-0.25, -0.2) is 4.89 Å². The van der Waals surface area contributed by atoms with Crippen LogP contribution in [-0.4, -0.2) is 66.9 Å². The van der Waals surface area contributed by atoms with E-state index in [2.05, 4.69) is 13.8 Å². The van der Waals surface area contributed by atoms with Crippen molar-refractivity contribution in [2.45, 2.75) is 101 Å². The van der Waals surface area contributed by atoms with Crippen LogP contribution in [0.2, 0.25) is 0 Å². The zero-order chi connectivity index (χ0) is 22.1. The minimum Gasteiger partial charge on any atom is -0.423 e. The summed E-state index contributed by atoms with van der Waals surface area (Å²) in [5.74, 6) is 0.339. The van der Waals surface area contributed by atoms with Crippen molar-refractivity contribution in [3.8, 4) is 0 Å². The van der Waals surface area contributed by atoms with Crippen LogP contribution in [0.25, 0.3) is 0 Å². The van der Waals surface area contributed by atoms with Crippen LogP contribution in [0.5, 0.6) is 0 Å². The van der Waals surface area contributed by atoms with Crippen LogP contribution in [0.4, 0.5) is 0 Å². The Labute approximate surface area is 218 Å². The molecule has 4 rings (SSSR count). The van der Waals surface area contributed by atoms with Crippen LogP contribution in [0.15, 0.2) is 0 Å². The van der Waals surface area contributed by atoms with Gasteiger partial charge in [0.15, 0.2) is 0 Å². The standard InChI is InChI=1S/C23H39O7.Pr/c1-12(24)17(26)10-13-4-5-15-18-16(7-8-21(13,15)2)22(3)9-6-14(25)11-23(22,30-29)20(28)19(18)27;/h12-20,24-29H,1,4-11H2,2-3H3;/q-1;/t12?,13?,14?,15?,16?,17?,18?,19?,20?,21?,22?,23-;/m0./s1. The van der Waals surface area contributed by atoms with Gasteiger partial charge in [0.1, 0.15) is 11.7 Å². The molecule has 0 aromatic rings. The van der Waals surface area contributed by atoms with Crippen molar-refractivity contribution in [3.05, 3.63) is 6.92 Å². The van der Waals surface area contributed by atoms with Gasteiger partial charge in [0.05, 0.1) is 18.3 Å². The van der Waals surface area contributed by atoms with Crippen molar-refractivity contribution in [3.63, 3.8) is 0 Å². The van der Waals surface area contributed by atoms with E-state index in [-0.39, 0.29) is 76.8 Å². The van der Waals surface area contributed by atoms with Gasteiger partial charge in [-0.15, -0.1) is 0 Å². The Morgan fingerprint density at radius 2 is 1.68 bits per heavy atom. The SMILES string of the molecule is [CH2-]C(O)C(O)CC1CCC2C3C(O)C(O)[C@@]4(OO)CC(O)CCC4(C)C3CCC12C.[Pr]. The molecule has 7 nitrogen and oxygen atoms in total. The normalized spacial score (nSPS) is 53.5. The first-order valence-corrected chi connectivity index (χ1v) is 11.6. The van der Waals surface area contributed by atoms with Gasteiger partial charge in [0.25, 0.3) is 0 Å². The first-order valence-electron chi connectivity index (χ1n) is 11.6. The van der Waals surface area contributed by atoms with Crippen LogP contribution < -0.4 is 0 Å². The fraction of sp³-hybridized carbons (Fsp3) is 0.957. The number of rotatable bonds is 4. The second kappa shape index (κ2) is 9.27. The molecule has 0 saturated heterocycles. The van der Waals surface area contributed by atoms with Gasteiger partial charge in [0, 0.05) is 53.1 Å². The first-order chi connectivity index (χ1) is 14.0. The van der Waals surface area contributed by atoms with Gasteiger partial charge < -0.3 is 32.5 Å². The molecule has 0 heterocycles. The van der Waals surface area contributed by atoms with Crippen molar-refractivity contribution < 1.29 is 77.0 Å². The van der Waals surface area contributed by atoms with E-state index < -0.39 is 41.5 Å². The minimum atomic E-state index is -1.37. The Hall–Kier alpha value is 1.08. The zero-order valence-electron chi connectivity index (χ0n) is 18.7. The third kappa shape index (κ3) is 3.81. The summed E-state index contributed by atoms with van der Waals surface area (Å²) < 4.78 is 0. The molecular formula is C23H39O7Pr-. The molecule has 0 bridgehead atoms. The van der Waals surface area contributed by atoms with Gasteiger partial charge in [0.2, 0.25) is 0 Å². The molecule has 0 amide bonds. The summed E-state index contributed by atoms with van der Waals surface area (Å²) in [6, 6.07) is 0. The maximum absolute atomic E-state index is 11.3. The zero-order valence-corrected chi connectivity index (χ0v) is 22.4. The topological polar surface area (TPSA) is 131 Å².